The van der Waals surface area contributed by atoms with E-state index in [4.69, 9.17) is 5.73 Å². The summed E-state index contributed by atoms with van der Waals surface area (Å²) in [7, 11) is 0. The maximum atomic E-state index is 11.6. The van der Waals surface area contributed by atoms with Crippen molar-refractivity contribution in [3.8, 4) is 5.75 Å². The van der Waals surface area contributed by atoms with Crippen molar-refractivity contribution in [2.45, 2.75) is 27.2 Å². The number of aromatic amines is 1. The van der Waals surface area contributed by atoms with Gasteiger partial charge in [0.2, 0.25) is 5.91 Å². The number of amides is 1. The van der Waals surface area contributed by atoms with Crippen molar-refractivity contribution in [2.75, 3.05) is 0 Å². The number of H-pyrrole nitrogens is 1. The molecule has 5 heteroatoms. The van der Waals surface area contributed by atoms with Crippen molar-refractivity contribution in [1.29, 1.82) is 0 Å². The molecule has 0 radical (unpaired) electrons. The van der Waals surface area contributed by atoms with E-state index in [-0.39, 0.29) is 23.3 Å². The SMILES string of the molecule is Cc1cc(O)c(CC(C)(C)C(N)=O)c(=O)[nH]1. The molecule has 0 bridgehead atoms. The maximum absolute atomic E-state index is 11.6. The fourth-order valence-electron chi connectivity index (χ4n) is 1.40. The van der Waals surface area contributed by atoms with Crippen LogP contribution in [0, 0.1) is 12.3 Å². The lowest BCUT2D eigenvalue weighted by atomic mass is 9.85. The van der Waals surface area contributed by atoms with Gasteiger partial charge in [0.1, 0.15) is 5.75 Å². The van der Waals surface area contributed by atoms with Crippen LogP contribution in [0.4, 0.5) is 0 Å². The van der Waals surface area contributed by atoms with Gasteiger partial charge in [-0.1, -0.05) is 13.8 Å². The van der Waals surface area contributed by atoms with Crippen molar-refractivity contribution >= 4 is 5.91 Å². The van der Waals surface area contributed by atoms with Gasteiger partial charge in [0.25, 0.3) is 5.56 Å². The van der Waals surface area contributed by atoms with E-state index in [9.17, 15) is 14.7 Å². The van der Waals surface area contributed by atoms with Crippen LogP contribution >= 0.6 is 0 Å². The molecule has 0 aliphatic carbocycles. The van der Waals surface area contributed by atoms with E-state index in [1.165, 1.54) is 6.07 Å². The highest BCUT2D eigenvalue weighted by molar-refractivity contribution is 5.80. The van der Waals surface area contributed by atoms with Gasteiger partial charge in [-0.05, 0) is 19.4 Å². The standard InChI is InChI=1S/C11H16N2O3/c1-6-4-8(14)7(9(15)13-6)5-11(2,3)10(12)16/h4H,5H2,1-3H3,(H2,12,16)(H2,13,14,15). The number of aryl methyl sites for hydroxylation is 1. The number of pyridine rings is 1. The van der Waals surface area contributed by atoms with Gasteiger partial charge in [-0.25, -0.2) is 0 Å². The fourth-order valence-corrected chi connectivity index (χ4v) is 1.40. The molecular formula is C11H16N2O3. The molecule has 0 aliphatic heterocycles. The van der Waals surface area contributed by atoms with Gasteiger partial charge in [-0.2, -0.15) is 0 Å². The van der Waals surface area contributed by atoms with Crippen LogP contribution in [0.15, 0.2) is 10.9 Å². The highest BCUT2D eigenvalue weighted by atomic mass is 16.3. The molecule has 1 heterocycles. The first-order chi connectivity index (χ1) is 7.24. The first-order valence-electron chi connectivity index (χ1n) is 4.95. The van der Waals surface area contributed by atoms with Crippen LogP contribution in [-0.4, -0.2) is 16.0 Å². The van der Waals surface area contributed by atoms with E-state index in [0.717, 1.165) is 0 Å². The second-order valence-corrected chi connectivity index (χ2v) is 4.57. The van der Waals surface area contributed by atoms with Crippen LogP contribution in [0.25, 0.3) is 0 Å². The number of hydrogen-bond donors (Lipinski definition) is 3. The molecule has 0 atom stereocenters. The van der Waals surface area contributed by atoms with Crippen molar-refractivity contribution in [3.63, 3.8) is 0 Å². The second kappa shape index (κ2) is 4.00. The van der Waals surface area contributed by atoms with Crippen LogP contribution in [0.2, 0.25) is 0 Å². The molecule has 88 valence electrons. The monoisotopic (exact) mass is 224 g/mol. The normalized spacial score (nSPS) is 11.4. The number of nitrogens with one attached hydrogen (secondary N) is 1. The zero-order valence-corrected chi connectivity index (χ0v) is 9.63. The smallest absolute Gasteiger partial charge is 0.255 e. The number of aromatic nitrogens is 1. The molecule has 1 rings (SSSR count). The number of nitrogens with two attached hydrogens (primary N) is 1. The van der Waals surface area contributed by atoms with Gasteiger partial charge in [0.15, 0.2) is 0 Å². The number of carbonyl (C=O) groups excluding carboxylic acids is 1. The third kappa shape index (κ3) is 2.42. The van der Waals surface area contributed by atoms with Crippen LogP contribution < -0.4 is 11.3 Å². The van der Waals surface area contributed by atoms with Crippen molar-refractivity contribution < 1.29 is 9.90 Å². The third-order valence-corrected chi connectivity index (χ3v) is 2.53. The molecule has 0 unspecified atom stereocenters. The van der Waals surface area contributed by atoms with Gasteiger partial charge in [0.05, 0.1) is 5.56 Å². The van der Waals surface area contributed by atoms with Crippen LogP contribution in [0.1, 0.15) is 25.1 Å². The molecule has 1 aromatic rings. The fraction of sp³-hybridized carbons (Fsp3) is 0.455. The van der Waals surface area contributed by atoms with Gasteiger partial charge in [-0.3, -0.25) is 9.59 Å². The Morgan fingerprint density at radius 2 is 2.12 bits per heavy atom. The van der Waals surface area contributed by atoms with Gasteiger partial charge in [-0.15, -0.1) is 0 Å². The zero-order valence-electron chi connectivity index (χ0n) is 9.63. The van der Waals surface area contributed by atoms with Crippen LogP contribution in [0.5, 0.6) is 5.75 Å². The predicted molar refractivity (Wildman–Crippen MR) is 60.1 cm³/mol. The Morgan fingerprint density at radius 1 is 1.56 bits per heavy atom. The van der Waals surface area contributed by atoms with E-state index < -0.39 is 11.3 Å². The van der Waals surface area contributed by atoms with E-state index in [1.54, 1.807) is 20.8 Å². The summed E-state index contributed by atoms with van der Waals surface area (Å²) in [5.41, 5.74) is 4.73. The summed E-state index contributed by atoms with van der Waals surface area (Å²) in [6.45, 7) is 4.94. The van der Waals surface area contributed by atoms with Crippen molar-refractivity contribution in [1.82, 2.24) is 4.98 Å². The summed E-state index contributed by atoms with van der Waals surface area (Å²) in [4.78, 5) is 25.3. The number of aromatic hydroxyl groups is 1. The van der Waals surface area contributed by atoms with E-state index >= 15 is 0 Å². The number of primary amides is 1. The average molecular weight is 224 g/mol. The average Bonchev–Trinajstić information content (AvgIpc) is 2.11. The molecule has 5 nitrogen and oxygen atoms in total. The van der Waals surface area contributed by atoms with E-state index in [2.05, 4.69) is 4.98 Å². The highest BCUT2D eigenvalue weighted by Crippen LogP contribution is 2.24. The molecule has 4 N–H and O–H groups in total. The summed E-state index contributed by atoms with van der Waals surface area (Å²) >= 11 is 0. The largest absolute Gasteiger partial charge is 0.507 e. The van der Waals surface area contributed by atoms with Gasteiger partial charge < -0.3 is 15.8 Å². The Morgan fingerprint density at radius 3 is 2.56 bits per heavy atom. The van der Waals surface area contributed by atoms with Crippen LogP contribution in [-0.2, 0) is 11.2 Å². The first kappa shape index (κ1) is 12.3. The molecule has 1 amide bonds. The van der Waals surface area contributed by atoms with E-state index in [1.807, 2.05) is 0 Å². The molecule has 16 heavy (non-hydrogen) atoms. The summed E-state index contributed by atoms with van der Waals surface area (Å²) in [5, 5.41) is 9.65. The van der Waals surface area contributed by atoms with Crippen molar-refractivity contribution in [2.24, 2.45) is 11.1 Å². The Bertz CT molecular complexity index is 475. The zero-order chi connectivity index (χ0) is 12.5. The lowest BCUT2D eigenvalue weighted by molar-refractivity contribution is -0.125. The molecule has 0 aliphatic rings. The maximum Gasteiger partial charge on any atom is 0.255 e. The highest BCUT2D eigenvalue weighted by Gasteiger charge is 2.27. The molecule has 1 aromatic heterocycles. The Labute approximate surface area is 93.3 Å². The van der Waals surface area contributed by atoms with Gasteiger partial charge >= 0.3 is 0 Å². The molecule has 0 saturated carbocycles. The molecule has 0 fully saturated rings. The molecule has 0 aromatic carbocycles. The topological polar surface area (TPSA) is 96.2 Å². The predicted octanol–water partition coefficient (Wildman–Crippen LogP) is 0.443. The van der Waals surface area contributed by atoms with Crippen LogP contribution in [0.3, 0.4) is 0 Å². The molecule has 0 spiro atoms. The summed E-state index contributed by atoms with van der Waals surface area (Å²) in [5.74, 6) is -0.609. The lowest BCUT2D eigenvalue weighted by Gasteiger charge is -2.20. The molecule has 0 saturated heterocycles. The minimum absolute atomic E-state index is 0.101. The Kier molecular flexibility index (Phi) is 3.07. The molecular weight excluding hydrogens is 208 g/mol. The summed E-state index contributed by atoms with van der Waals surface area (Å²) in [6.07, 6.45) is 0.115. The number of rotatable bonds is 3. The summed E-state index contributed by atoms with van der Waals surface area (Å²) < 4.78 is 0. The summed E-state index contributed by atoms with van der Waals surface area (Å²) in [6, 6.07) is 1.45. The first-order valence-corrected chi connectivity index (χ1v) is 4.95. The number of carbonyl (C=O) groups is 1. The lowest BCUT2D eigenvalue weighted by Crippen LogP contribution is -2.35. The third-order valence-electron chi connectivity index (χ3n) is 2.53. The van der Waals surface area contributed by atoms with Gasteiger partial charge in [0, 0.05) is 11.1 Å². The van der Waals surface area contributed by atoms with E-state index in [0.29, 0.717) is 5.69 Å². The number of hydrogen-bond acceptors (Lipinski definition) is 3. The second-order valence-electron chi connectivity index (χ2n) is 4.57. The quantitative estimate of drug-likeness (QED) is 0.695. The Hall–Kier alpha value is -1.78. The minimum atomic E-state index is -0.861. The Balaban J connectivity index is 3.17. The minimum Gasteiger partial charge on any atom is -0.507 e. The van der Waals surface area contributed by atoms with Crippen molar-refractivity contribution in [3.05, 3.63) is 27.7 Å².